The number of aryl methyl sites for hydroxylation is 2. The Labute approximate surface area is 116 Å². The molecular weight excluding hydrogens is 267 g/mol. The molecule has 0 amide bonds. The van der Waals surface area contributed by atoms with Crippen LogP contribution in [-0.4, -0.2) is 29.1 Å². The molecule has 110 valence electrons. The predicted molar refractivity (Wildman–Crippen MR) is 72.2 cm³/mol. The molecule has 1 unspecified atom stereocenters. The van der Waals surface area contributed by atoms with E-state index >= 15 is 0 Å². The average Bonchev–Trinajstić information content (AvgIpc) is 2.81. The van der Waals surface area contributed by atoms with Crippen LogP contribution in [0.5, 0.6) is 0 Å². The lowest BCUT2D eigenvalue weighted by Gasteiger charge is -2.24. The highest BCUT2D eigenvalue weighted by Crippen LogP contribution is 2.38. The van der Waals surface area contributed by atoms with Gasteiger partial charge in [-0.1, -0.05) is 26.0 Å². The number of halogens is 3. The van der Waals surface area contributed by atoms with Crippen molar-refractivity contribution in [1.82, 2.24) is 0 Å². The normalized spacial score (nSPS) is 23.0. The monoisotopic (exact) mass is 285 g/mol. The first-order valence-corrected chi connectivity index (χ1v) is 6.75. The largest absolute Gasteiger partial charge is 0.419 e. The Hall–Kier alpha value is -1.36. The van der Waals surface area contributed by atoms with Crippen LogP contribution in [0.25, 0.3) is 0 Å². The van der Waals surface area contributed by atoms with Crippen molar-refractivity contribution in [2.24, 2.45) is 4.99 Å². The van der Waals surface area contributed by atoms with Gasteiger partial charge in [0.15, 0.2) is 5.60 Å². The number of aliphatic hydroxyl groups is 1. The van der Waals surface area contributed by atoms with Crippen LogP contribution in [0.2, 0.25) is 0 Å². The molecule has 1 aliphatic rings. The summed E-state index contributed by atoms with van der Waals surface area (Å²) in [6, 6.07) is 5.61. The lowest BCUT2D eigenvalue weighted by atomic mass is 9.93. The molecule has 0 radical (unpaired) electrons. The third-order valence-electron chi connectivity index (χ3n) is 3.82. The van der Waals surface area contributed by atoms with Crippen LogP contribution >= 0.6 is 0 Å². The second kappa shape index (κ2) is 5.20. The average molecular weight is 285 g/mol. The van der Waals surface area contributed by atoms with Gasteiger partial charge in [-0.2, -0.15) is 13.2 Å². The molecule has 0 aromatic heterocycles. The minimum atomic E-state index is -4.64. The molecule has 0 bridgehead atoms. The van der Waals surface area contributed by atoms with E-state index < -0.39 is 24.7 Å². The zero-order chi connectivity index (χ0) is 15.0. The van der Waals surface area contributed by atoms with Crippen molar-refractivity contribution < 1.29 is 18.3 Å². The van der Waals surface area contributed by atoms with Crippen molar-refractivity contribution >= 4 is 5.71 Å². The highest BCUT2D eigenvalue weighted by Gasteiger charge is 2.56. The van der Waals surface area contributed by atoms with Gasteiger partial charge in [0.25, 0.3) is 0 Å². The van der Waals surface area contributed by atoms with Crippen LogP contribution in [0.3, 0.4) is 0 Å². The number of rotatable bonds is 3. The fraction of sp³-hybridized carbons (Fsp3) is 0.533. The molecule has 20 heavy (non-hydrogen) atoms. The number of alkyl halides is 3. The van der Waals surface area contributed by atoms with E-state index in [0.29, 0.717) is 11.3 Å². The Morgan fingerprint density at radius 2 is 1.85 bits per heavy atom. The summed E-state index contributed by atoms with van der Waals surface area (Å²) in [5.41, 5.74) is 0.621. The molecule has 5 heteroatoms. The molecular formula is C15H18F3NO. The number of hydrogen-bond acceptors (Lipinski definition) is 2. The van der Waals surface area contributed by atoms with E-state index in [1.807, 2.05) is 26.0 Å². The molecule has 0 spiro atoms. The van der Waals surface area contributed by atoms with Gasteiger partial charge in [-0.25, -0.2) is 0 Å². The molecule has 1 N–H and O–H groups in total. The Morgan fingerprint density at radius 3 is 2.35 bits per heavy atom. The Bertz CT molecular complexity index is 536. The zero-order valence-electron chi connectivity index (χ0n) is 11.6. The maximum atomic E-state index is 12.8. The highest BCUT2D eigenvalue weighted by atomic mass is 19.4. The smallest absolute Gasteiger partial charge is 0.379 e. The molecule has 0 saturated heterocycles. The third-order valence-corrected chi connectivity index (χ3v) is 3.82. The van der Waals surface area contributed by atoms with Gasteiger partial charge in [-0.15, -0.1) is 0 Å². The van der Waals surface area contributed by atoms with Gasteiger partial charge in [0, 0.05) is 12.1 Å². The molecule has 1 aliphatic heterocycles. The summed E-state index contributed by atoms with van der Waals surface area (Å²) < 4.78 is 38.3. The van der Waals surface area contributed by atoms with Gasteiger partial charge in [0.1, 0.15) is 0 Å². The fourth-order valence-corrected chi connectivity index (χ4v) is 2.48. The summed E-state index contributed by atoms with van der Waals surface area (Å²) in [5.74, 6) is 0. The quantitative estimate of drug-likeness (QED) is 0.908. The fourth-order valence-electron chi connectivity index (χ4n) is 2.48. The maximum absolute atomic E-state index is 12.8. The minimum Gasteiger partial charge on any atom is -0.379 e. The SMILES string of the molecule is CCc1ccc(C2=NCC(O)(C(F)(F)F)C2)cc1CC. The van der Waals surface area contributed by atoms with Crippen molar-refractivity contribution in [2.75, 3.05) is 6.54 Å². The molecule has 1 heterocycles. The summed E-state index contributed by atoms with van der Waals surface area (Å²) in [5, 5.41) is 9.65. The van der Waals surface area contributed by atoms with Crippen molar-refractivity contribution in [3.8, 4) is 0 Å². The third kappa shape index (κ3) is 2.59. The summed E-state index contributed by atoms with van der Waals surface area (Å²) in [7, 11) is 0. The summed E-state index contributed by atoms with van der Waals surface area (Å²) >= 11 is 0. The van der Waals surface area contributed by atoms with Gasteiger partial charge < -0.3 is 5.11 Å². The molecule has 1 atom stereocenters. The van der Waals surface area contributed by atoms with E-state index in [2.05, 4.69) is 4.99 Å². The first-order valence-electron chi connectivity index (χ1n) is 6.75. The molecule has 2 rings (SSSR count). The molecule has 0 fully saturated rings. The van der Waals surface area contributed by atoms with Gasteiger partial charge in [0.2, 0.25) is 0 Å². The number of nitrogens with zero attached hydrogens (tertiary/aromatic N) is 1. The first-order chi connectivity index (χ1) is 9.30. The van der Waals surface area contributed by atoms with Crippen molar-refractivity contribution in [3.05, 3.63) is 34.9 Å². The minimum absolute atomic E-state index is 0.335. The van der Waals surface area contributed by atoms with Crippen LogP contribution in [0.15, 0.2) is 23.2 Å². The second-order valence-corrected chi connectivity index (χ2v) is 5.16. The van der Waals surface area contributed by atoms with E-state index in [-0.39, 0.29) is 0 Å². The zero-order valence-corrected chi connectivity index (χ0v) is 11.6. The van der Waals surface area contributed by atoms with Gasteiger partial charge in [0.05, 0.1) is 6.54 Å². The van der Waals surface area contributed by atoms with Crippen molar-refractivity contribution in [3.63, 3.8) is 0 Å². The lowest BCUT2D eigenvalue weighted by Crippen LogP contribution is -2.46. The van der Waals surface area contributed by atoms with Gasteiger partial charge in [-0.05, 0) is 35.6 Å². The van der Waals surface area contributed by atoms with Crippen LogP contribution in [0.1, 0.15) is 37.0 Å². The van der Waals surface area contributed by atoms with E-state index in [4.69, 9.17) is 0 Å². The Balaban J connectivity index is 2.27. The molecule has 2 nitrogen and oxygen atoms in total. The summed E-state index contributed by atoms with van der Waals surface area (Å²) in [6.45, 7) is 3.45. The first kappa shape index (κ1) is 15.0. The van der Waals surface area contributed by atoms with Crippen LogP contribution in [-0.2, 0) is 12.8 Å². The number of benzene rings is 1. The highest BCUT2D eigenvalue weighted by molar-refractivity contribution is 6.02. The van der Waals surface area contributed by atoms with Crippen molar-refractivity contribution in [1.29, 1.82) is 0 Å². The summed E-state index contributed by atoms with van der Waals surface area (Å²) in [6.07, 6.45) is -3.39. The topological polar surface area (TPSA) is 32.6 Å². The lowest BCUT2D eigenvalue weighted by molar-refractivity contribution is -0.250. The van der Waals surface area contributed by atoms with Gasteiger partial charge in [-0.3, -0.25) is 4.99 Å². The Morgan fingerprint density at radius 1 is 1.20 bits per heavy atom. The standard InChI is InChI=1S/C15H18F3NO/c1-3-10-5-6-12(7-11(10)4-2)13-8-14(20,9-19-13)15(16,17)18/h5-7,20H,3-4,8-9H2,1-2H3. The van der Waals surface area contributed by atoms with E-state index in [1.54, 1.807) is 6.07 Å². The maximum Gasteiger partial charge on any atom is 0.419 e. The van der Waals surface area contributed by atoms with Crippen molar-refractivity contribution in [2.45, 2.75) is 44.9 Å². The van der Waals surface area contributed by atoms with Crippen LogP contribution < -0.4 is 0 Å². The van der Waals surface area contributed by atoms with Crippen LogP contribution in [0, 0.1) is 0 Å². The molecule has 1 aromatic carbocycles. The molecule has 1 aromatic rings. The molecule has 0 saturated carbocycles. The number of hydrogen-bond donors (Lipinski definition) is 1. The summed E-state index contributed by atoms with van der Waals surface area (Å²) in [4.78, 5) is 3.90. The second-order valence-electron chi connectivity index (χ2n) is 5.16. The Kier molecular flexibility index (Phi) is 3.91. The van der Waals surface area contributed by atoms with Gasteiger partial charge >= 0.3 is 6.18 Å². The van der Waals surface area contributed by atoms with E-state index in [9.17, 15) is 18.3 Å². The van der Waals surface area contributed by atoms with E-state index in [0.717, 1.165) is 18.4 Å². The van der Waals surface area contributed by atoms with Crippen LogP contribution in [0.4, 0.5) is 13.2 Å². The molecule has 0 aliphatic carbocycles. The van der Waals surface area contributed by atoms with E-state index in [1.165, 1.54) is 5.56 Å². The number of aliphatic imine (C=N–C) groups is 1. The predicted octanol–water partition coefficient (Wildman–Crippen LogP) is 3.30.